The largest absolute Gasteiger partial charge is 0.507 e. The van der Waals surface area contributed by atoms with Gasteiger partial charge in [-0.25, -0.2) is 5.84 Å². The van der Waals surface area contributed by atoms with Crippen LogP contribution >= 0.6 is 24.0 Å². The molecule has 7 nitrogen and oxygen atoms in total. The molecular weight excluding hydrogens is 519 g/mol. The summed E-state index contributed by atoms with van der Waals surface area (Å²) in [5, 5.41) is 20.6. The zero-order valence-corrected chi connectivity index (χ0v) is 21.6. The predicted molar refractivity (Wildman–Crippen MR) is 140 cm³/mol. The second kappa shape index (κ2) is 11.1. The van der Waals surface area contributed by atoms with Crippen LogP contribution in [0.5, 0.6) is 17.2 Å². The fourth-order valence-electron chi connectivity index (χ4n) is 4.08. The standard InChI is InChI=1S/C24H34N4O3.HI/c1-15-16(2)22-20(17(3)21(15)29)11-13-24(4,31-22)12-5-6-14-30-19-9-7-18(8-10-19)27-23(25)28-26;/h7-10,29H,5-6,11-14,26H2,1-4H3,(H3,25,27,28);1H. The number of aromatic hydroxyl groups is 1. The summed E-state index contributed by atoms with van der Waals surface area (Å²) in [5.41, 5.74) is 6.87. The molecule has 0 fully saturated rings. The Morgan fingerprint density at radius 3 is 2.50 bits per heavy atom. The lowest BCUT2D eigenvalue weighted by atomic mass is 9.85. The molecule has 1 atom stereocenters. The number of unbranched alkanes of at least 4 members (excludes halogenated alkanes) is 1. The molecule has 8 heteroatoms. The van der Waals surface area contributed by atoms with Gasteiger partial charge in [0.2, 0.25) is 5.96 Å². The highest BCUT2D eigenvalue weighted by Crippen LogP contribution is 2.44. The van der Waals surface area contributed by atoms with E-state index in [2.05, 4.69) is 17.7 Å². The summed E-state index contributed by atoms with van der Waals surface area (Å²) in [6, 6.07) is 7.44. The minimum absolute atomic E-state index is 0. The van der Waals surface area contributed by atoms with Crippen molar-refractivity contribution < 1.29 is 14.6 Å². The Morgan fingerprint density at radius 2 is 1.84 bits per heavy atom. The molecule has 3 rings (SSSR count). The molecule has 1 aliphatic heterocycles. The number of halogens is 1. The van der Waals surface area contributed by atoms with Gasteiger partial charge >= 0.3 is 0 Å². The number of guanidine groups is 1. The van der Waals surface area contributed by atoms with Crippen LogP contribution < -0.4 is 26.1 Å². The van der Waals surface area contributed by atoms with E-state index in [0.29, 0.717) is 12.4 Å². The summed E-state index contributed by atoms with van der Waals surface area (Å²) in [6.07, 6.45) is 4.80. The lowest BCUT2D eigenvalue weighted by Gasteiger charge is -2.38. The van der Waals surface area contributed by atoms with Crippen molar-refractivity contribution in [1.82, 2.24) is 5.43 Å². The summed E-state index contributed by atoms with van der Waals surface area (Å²) < 4.78 is 12.3. The summed E-state index contributed by atoms with van der Waals surface area (Å²) in [7, 11) is 0. The Hall–Kier alpha value is -2.20. The maximum absolute atomic E-state index is 10.3. The molecule has 2 aromatic rings. The minimum Gasteiger partial charge on any atom is -0.507 e. The number of hydrogen-bond acceptors (Lipinski definition) is 5. The van der Waals surface area contributed by atoms with E-state index in [4.69, 9.17) is 20.7 Å². The summed E-state index contributed by atoms with van der Waals surface area (Å²) in [5.74, 6) is 7.37. The summed E-state index contributed by atoms with van der Waals surface area (Å²) >= 11 is 0. The van der Waals surface area contributed by atoms with Crippen molar-refractivity contribution in [2.75, 3.05) is 11.9 Å². The van der Waals surface area contributed by atoms with Crippen LogP contribution in [0.1, 0.15) is 54.9 Å². The van der Waals surface area contributed by atoms with Gasteiger partial charge in [-0.3, -0.25) is 10.8 Å². The van der Waals surface area contributed by atoms with E-state index < -0.39 is 0 Å². The van der Waals surface area contributed by atoms with Gasteiger partial charge < -0.3 is 19.9 Å². The van der Waals surface area contributed by atoms with Crippen LogP contribution in [-0.4, -0.2) is 23.3 Å². The van der Waals surface area contributed by atoms with Crippen LogP contribution in [0.2, 0.25) is 0 Å². The van der Waals surface area contributed by atoms with Crippen molar-refractivity contribution >= 4 is 35.6 Å². The number of rotatable bonds is 7. The van der Waals surface area contributed by atoms with Gasteiger partial charge in [-0.1, -0.05) is 0 Å². The quantitative estimate of drug-likeness (QED) is 0.0816. The van der Waals surface area contributed by atoms with E-state index in [-0.39, 0.29) is 35.5 Å². The van der Waals surface area contributed by atoms with Gasteiger partial charge in [0.15, 0.2) is 0 Å². The van der Waals surface area contributed by atoms with Crippen molar-refractivity contribution in [2.45, 2.75) is 65.4 Å². The third kappa shape index (κ3) is 5.98. The van der Waals surface area contributed by atoms with Gasteiger partial charge in [0.1, 0.15) is 22.8 Å². The molecule has 0 aromatic heterocycles. The summed E-state index contributed by atoms with van der Waals surface area (Å²) in [6.45, 7) is 8.79. The van der Waals surface area contributed by atoms with E-state index in [1.807, 2.05) is 45.0 Å². The fourth-order valence-corrected chi connectivity index (χ4v) is 4.08. The van der Waals surface area contributed by atoms with Crippen LogP contribution in [-0.2, 0) is 6.42 Å². The third-order valence-corrected chi connectivity index (χ3v) is 6.23. The molecule has 1 aliphatic rings. The number of hydrogen-bond donors (Lipinski definition) is 5. The van der Waals surface area contributed by atoms with Gasteiger partial charge in [0.05, 0.1) is 6.61 Å². The topological polar surface area (TPSA) is 113 Å². The summed E-state index contributed by atoms with van der Waals surface area (Å²) in [4.78, 5) is 0. The average Bonchev–Trinajstić information content (AvgIpc) is 2.77. The molecular formula is C24H35IN4O3. The Labute approximate surface area is 207 Å². The first kappa shape index (κ1) is 26.1. The third-order valence-electron chi connectivity index (χ3n) is 6.23. The normalized spacial score (nSPS) is 16.9. The molecule has 0 radical (unpaired) electrons. The number of ether oxygens (including phenoxy) is 2. The van der Waals surface area contributed by atoms with Crippen LogP contribution in [0.15, 0.2) is 24.3 Å². The molecule has 0 bridgehead atoms. The molecule has 0 saturated carbocycles. The van der Waals surface area contributed by atoms with Crippen LogP contribution in [0.25, 0.3) is 0 Å². The van der Waals surface area contributed by atoms with E-state index in [0.717, 1.165) is 71.5 Å². The maximum atomic E-state index is 10.3. The van der Waals surface area contributed by atoms with Crippen LogP contribution in [0, 0.1) is 26.2 Å². The monoisotopic (exact) mass is 554 g/mol. The van der Waals surface area contributed by atoms with Gasteiger partial charge in [0, 0.05) is 11.3 Å². The molecule has 0 saturated heterocycles. The number of nitrogens with two attached hydrogens (primary N) is 1. The average molecular weight is 554 g/mol. The molecule has 6 N–H and O–H groups in total. The van der Waals surface area contributed by atoms with E-state index >= 15 is 0 Å². The number of phenols is 1. The SMILES string of the molecule is Cc1c(C)c2c(c(C)c1O)CCC(C)(CCCCOc1ccc(NC(=N)NN)cc1)O2.I. The number of anilines is 1. The van der Waals surface area contributed by atoms with Gasteiger partial charge in [-0.15, -0.1) is 24.0 Å². The predicted octanol–water partition coefficient (Wildman–Crippen LogP) is 5.08. The number of nitrogens with one attached hydrogen (secondary N) is 3. The Morgan fingerprint density at radius 1 is 1.16 bits per heavy atom. The Balaban J connectivity index is 0.00000363. The van der Waals surface area contributed by atoms with Crippen molar-refractivity contribution in [3.8, 4) is 17.2 Å². The molecule has 1 heterocycles. The molecule has 1 unspecified atom stereocenters. The number of fused-ring (bicyclic) bond motifs is 1. The van der Waals surface area contributed by atoms with E-state index in [9.17, 15) is 5.11 Å². The highest BCUT2D eigenvalue weighted by Gasteiger charge is 2.34. The van der Waals surface area contributed by atoms with E-state index in [1.54, 1.807) is 0 Å². The van der Waals surface area contributed by atoms with Crippen LogP contribution in [0.3, 0.4) is 0 Å². The van der Waals surface area contributed by atoms with Gasteiger partial charge in [-0.05, 0) is 101 Å². The first-order chi connectivity index (χ1) is 14.7. The van der Waals surface area contributed by atoms with Gasteiger partial charge in [-0.2, -0.15) is 0 Å². The first-order valence-electron chi connectivity index (χ1n) is 10.8. The van der Waals surface area contributed by atoms with Crippen LogP contribution in [0.4, 0.5) is 5.69 Å². The van der Waals surface area contributed by atoms with Crippen molar-refractivity contribution in [2.24, 2.45) is 5.84 Å². The lowest BCUT2D eigenvalue weighted by Crippen LogP contribution is -2.37. The number of benzene rings is 2. The smallest absolute Gasteiger partial charge is 0.207 e. The van der Waals surface area contributed by atoms with E-state index in [1.165, 1.54) is 0 Å². The molecule has 2 aromatic carbocycles. The molecule has 0 aliphatic carbocycles. The van der Waals surface area contributed by atoms with Crippen molar-refractivity contribution in [3.05, 3.63) is 46.5 Å². The lowest BCUT2D eigenvalue weighted by molar-refractivity contribution is 0.0513. The fraction of sp³-hybridized carbons (Fsp3) is 0.458. The molecule has 32 heavy (non-hydrogen) atoms. The Bertz CT molecular complexity index is 949. The highest BCUT2D eigenvalue weighted by atomic mass is 127. The zero-order chi connectivity index (χ0) is 22.6. The zero-order valence-electron chi connectivity index (χ0n) is 19.3. The molecule has 0 spiro atoms. The second-order valence-electron chi connectivity index (χ2n) is 8.56. The van der Waals surface area contributed by atoms with Gasteiger partial charge in [0.25, 0.3) is 0 Å². The van der Waals surface area contributed by atoms with Crippen molar-refractivity contribution in [1.29, 1.82) is 5.41 Å². The maximum Gasteiger partial charge on any atom is 0.207 e. The number of hydrazine groups is 1. The van der Waals surface area contributed by atoms with Crippen molar-refractivity contribution in [3.63, 3.8) is 0 Å². The number of phenolic OH excluding ortho intramolecular Hbond substituents is 1. The molecule has 0 amide bonds. The highest BCUT2D eigenvalue weighted by molar-refractivity contribution is 14.0. The minimum atomic E-state index is -0.192. The first-order valence-corrected chi connectivity index (χ1v) is 10.8. The Kier molecular flexibility index (Phi) is 9.03. The second-order valence-corrected chi connectivity index (χ2v) is 8.56. The molecule has 176 valence electrons.